The van der Waals surface area contributed by atoms with Crippen molar-refractivity contribution in [2.75, 3.05) is 26.6 Å². The third kappa shape index (κ3) is 3.05. The van der Waals surface area contributed by atoms with Crippen molar-refractivity contribution in [2.45, 2.75) is 19.9 Å². The summed E-state index contributed by atoms with van der Waals surface area (Å²) in [6.07, 6.45) is 0.853. The van der Waals surface area contributed by atoms with Gasteiger partial charge in [-0.05, 0) is 13.0 Å². The molecule has 0 fully saturated rings. The molecule has 18 heavy (non-hydrogen) atoms. The molecular weight excluding hydrogens is 234 g/mol. The predicted octanol–water partition coefficient (Wildman–Crippen LogP) is 1.68. The average molecular weight is 253 g/mol. The Morgan fingerprint density at radius 3 is 2.72 bits per heavy atom. The van der Waals surface area contributed by atoms with Crippen LogP contribution in [0.1, 0.15) is 18.9 Å². The minimum Gasteiger partial charge on any atom is -0.493 e. The Morgan fingerprint density at radius 1 is 1.22 bits per heavy atom. The summed E-state index contributed by atoms with van der Waals surface area (Å²) >= 11 is 0. The van der Waals surface area contributed by atoms with Crippen LogP contribution in [0.2, 0.25) is 0 Å². The summed E-state index contributed by atoms with van der Waals surface area (Å²) in [6, 6.07) is 3.71. The van der Waals surface area contributed by atoms with E-state index in [0.29, 0.717) is 25.5 Å². The number of benzene rings is 1. The fourth-order valence-corrected chi connectivity index (χ4v) is 1.75. The summed E-state index contributed by atoms with van der Waals surface area (Å²) < 4.78 is 21.6. The molecule has 5 nitrogen and oxygen atoms in total. The quantitative estimate of drug-likeness (QED) is 0.749. The molecule has 0 spiro atoms. The topological polar surface area (TPSA) is 62.9 Å². The zero-order chi connectivity index (χ0) is 12.8. The number of nitrogens with two attached hydrogens (primary N) is 1. The number of ether oxygens (including phenoxy) is 4. The first-order valence-electron chi connectivity index (χ1n) is 6.18. The largest absolute Gasteiger partial charge is 0.493 e. The van der Waals surface area contributed by atoms with E-state index in [1.54, 1.807) is 0 Å². The lowest BCUT2D eigenvalue weighted by atomic mass is 10.2. The lowest BCUT2D eigenvalue weighted by Gasteiger charge is -2.11. The number of hydrogen-bond acceptors (Lipinski definition) is 5. The van der Waals surface area contributed by atoms with Crippen LogP contribution in [0.4, 0.5) is 0 Å². The van der Waals surface area contributed by atoms with Gasteiger partial charge in [0.15, 0.2) is 11.5 Å². The molecule has 0 radical (unpaired) electrons. The maximum atomic E-state index is 5.70. The average Bonchev–Trinajstić information content (AvgIpc) is 2.84. The zero-order valence-electron chi connectivity index (χ0n) is 10.6. The monoisotopic (exact) mass is 253 g/mol. The molecule has 2 N–H and O–H groups in total. The van der Waals surface area contributed by atoms with Crippen LogP contribution in [-0.2, 0) is 11.3 Å². The minimum absolute atomic E-state index is 0.257. The Bertz CT molecular complexity index is 395. The van der Waals surface area contributed by atoms with Gasteiger partial charge in [0.1, 0.15) is 5.75 Å². The Morgan fingerprint density at radius 2 is 2.00 bits per heavy atom. The third-order valence-corrected chi connectivity index (χ3v) is 2.67. The van der Waals surface area contributed by atoms with Gasteiger partial charge in [0.25, 0.3) is 0 Å². The second-order valence-corrected chi connectivity index (χ2v) is 3.92. The van der Waals surface area contributed by atoms with Crippen molar-refractivity contribution in [3.8, 4) is 17.2 Å². The summed E-state index contributed by atoms with van der Waals surface area (Å²) in [5.41, 5.74) is 6.62. The van der Waals surface area contributed by atoms with Crippen molar-refractivity contribution in [3.63, 3.8) is 0 Å². The first kappa shape index (κ1) is 13.0. The van der Waals surface area contributed by atoms with E-state index in [2.05, 4.69) is 0 Å². The normalized spacial score (nSPS) is 12.8. The maximum Gasteiger partial charge on any atom is 0.231 e. The van der Waals surface area contributed by atoms with Crippen LogP contribution in [0.15, 0.2) is 12.1 Å². The summed E-state index contributed by atoms with van der Waals surface area (Å²) in [7, 11) is 0. The van der Waals surface area contributed by atoms with Crippen molar-refractivity contribution >= 4 is 0 Å². The summed E-state index contributed by atoms with van der Waals surface area (Å²) in [5, 5.41) is 0. The molecule has 5 heteroatoms. The molecule has 100 valence electrons. The van der Waals surface area contributed by atoms with Crippen molar-refractivity contribution in [3.05, 3.63) is 17.7 Å². The highest BCUT2D eigenvalue weighted by atomic mass is 16.7. The van der Waals surface area contributed by atoms with Crippen LogP contribution in [0.5, 0.6) is 17.2 Å². The molecular formula is C13H19NO4. The first-order chi connectivity index (χ1) is 8.85. The van der Waals surface area contributed by atoms with Crippen LogP contribution >= 0.6 is 0 Å². The molecule has 2 rings (SSSR count). The van der Waals surface area contributed by atoms with Crippen LogP contribution < -0.4 is 19.9 Å². The number of rotatable bonds is 7. The summed E-state index contributed by atoms with van der Waals surface area (Å²) in [4.78, 5) is 0. The van der Waals surface area contributed by atoms with E-state index in [0.717, 1.165) is 30.1 Å². The fourth-order valence-electron chi connectivity index (χ4n) is 1.75. The van der Waals surface area contributed by atoms with Gasteiger partial charge in [-0.2, -0.15) is 0 Å². The molecule has 0 amide bonds. The van der Waals surface area contributed by atoms with Crippen LogP contribution in [-0.4, -0.2) is 26.6 Å². The third-order valence-electron chi connectivity index (χ3n) is 2.67. The van der Waals surface area contributed by atoms with E-state index in [1.165, 1.54) is 0 Å². The van der Waals surface area contributed by atoms with E-state index in [1.807, 2.05) is 19.1 Å². The van der Waals surface area contributed by atoms with Gasteiger partial charge in [-0.25, -0.2) is 0 Å². The molecule has 0 atom stereocenters. The first-order valence-corrected chi connectivity index (χ1v) is 6.18. The van der Waals surface area contributed by atoms with E-state index < -0.39 is 0 Å². The van der Waals surface area contributed by atoms with Crippen molar-refractivity contribution in [1.82, 2.24) is 0 Å². The summed E-state index contributed by atoms with van der Waals surface area (Å²) in [6.45, 7) is 4.69. The molecule has 0 saturated carbocycles. The molecule has 0 aliphatic carbocycles. The highest BCUT2D eigenvalue weighted by molar-refractivity contribution is 5.51. The van der Waals surface area contributed by atoms with Crippen molar-refractivity contribution in [1.29, 1.82) is 0 Å². The fraction of sp³-hybridized carbons (Fsp3) is 0.538. The van der Waals surface area contributed by atoms with Gasteiger partial charge in [0, 0.05) is 37.8 Å². The van der Waals surface area contributed by atoms with Gasteiger partial charge < -0.3 is 24.7 Å². The Labute approximate surface area is 107 Å². The number of hydrogen-bond donors (Lipinski definition) is 1. The second kappa shape index (κ2) is 6.47. The van der Waals surface area contributed by atoms with Gasteiger partial charge in [-0.1, -0.05) is 0 Å². The van der Waals surface area contributed by atoms with Crippen LogP contribution in [0.25, 0.3) is 0 Å². The summed E-state index contributed by atoms with van der Waals surface area (Å²) in [5.74, 6) is 2.21. The zero-order valence-corrected chi connectivity index (χ0v) is 10.6. The van der Waals surface area contributed by atoms with E-state index in [4.69, 9.17) is 24.7 Å². The number of fused-ring (bicyclic) bond motifs is 1. The van der Waals surface area contributed by atoms with E-state index >= 15 is 0 Å². The Hall–Kier alpha value is -1.46. The van der Waals surface area contributed by atoms with Crippen LogP contribution in [0.3, 0.4) is 0 Å². The van der Waals surface area contributed by atoms with Gasteiger partial charge in [0.05, 0.1) is 6.61 Å². The van der Waals surface area contributed by atoms with Crippen molar-refractivity contribution < 1.29 is 18.9 Å². The van der Waals surface area contributed by atoms with Gasteiger partial charge >= 0.3 is 0 Å². The van der Waals surface area contributed by atoms with Gasteiger partial charge in [0.2, 0.25) is 6.79 Å². The molecule has 0 bridgehead atoms. The standard InChI is InChI=1S/C13H19NO4/c1-2-15-4-3-5-16-11-7-13-12(17-9-18-13)6-10(11)8-14/h6-7H,2-5,8-9,14H2,1H3. The van der Waals surface area contributed by atoms with Crippen molar-refractivity contribution in [2.24, 2.45) is 5.73 Å². The SMILES string of the molecule is CCOCCCOc1cc2c(cc1CN)OCO2. The van der Waals surface area contributed by atoms with Gasteiger partial charge in [-0.3, -0.25) is 0 Å². The Balaban J connectivity index is 1.94. The van der Waals surface area contributed by atoms with E-state index in [-0.39, 0.29) is 6.79 Å². The molecule has 1 aromatic rings. The highest BCUT2D eigenvalue weighted by Crippen LogP contribution is 2.38. The second-order valence-electron chi connectivity index (χ2n) is 3.92. The molecule has 1 aliphatic heterocycles. The maximum absolute atomic E-state index is 5.70. The molecule has 1 aliphatic rings. The highest BCUT2D eigenvalue weighted by Gasteiger charge is 2.17. The molecule has 1 aromatic carbocycles. The smallest absolute Gasteiger partial charge is 0.231 e. The molecule has 0 aromatic heterocycles. The predicted molar refractivity (Wildman–Crippen MR) is 67.1 cm³/mol. The van der Waals surface area contributed by atoms with Crippen LogP contribution in [0, 0.1) is 0 Å². The van der Waals surface area contributed by atoms with E-state index in [9.17, 15) is 0 Å². The Kier molecular flexibility index (Phi) is 4.66. The lowest BCUT2D eigenvalue weighted by Crippen LogP contribution is -2.06. The molecule has 1 heterocycles. The molecule has 0 unspecified atom stereocenters. The minimum atomic E-state index is 0.257. The molecule has 0 saturated heterocycles. The van der Waals surface area contributed by atoms with Gasteiger partial charge in [-0.15, -0.1) is 0 Å². The lowest BCUT2D eigenvalue weighted by molar-refractivity contribution is 0.130.